The summed E-state index contributed by atoms with van der Waals surface area (Å²) >= 11 is 6.29. The summed E-state index contributed by atoms with van der Waals surface area (Å²) in [6.45, 7) is 9.65. The van der Waals surface area contributed by atoms with Crippen LogP contribution in [-0.4, -0.2) is 39.8 Å². The maximum Gasteiger partial charge on any atom is 0.355 e. The van der Waals surface area contributed by atoms with Crippen LogP contribution >= 0.6 is 11.6 Å². The first-order chi connectivity index (χ1) is 16.2. The SMILES string of the molecule is CCOC(=O)c1c(C)c(C(=O)[C@H](C)N(Cc2ccco2)C(=O)c2ccccc2Cl)c(C)n1CC. The van der Waals surface area contributed by atoms with Crippen molar-refractivity contribution < 1.29 is 23.5 Å². The summed E-state index contributed by atoms with van der Waals surface area (Å²) in [6.07, 6.45) is 1.52. The Bertz CT molecular complexity index is 1200. The van der Waals surface area contributed by atoms with Gasteiger partial charge in [-0.3, -0.25) is 9.59 Å². The lowest BCUT2D eigenvalue weighted by Crippen LogP contribution is -2.43. The highest BCUT2D eigenvalue weighted by atomic mass is 35.5. The van der Waals surface area contributed by atoms with E-state index in [9.17, 15) is 14.4 Å². The molecule has 0 saturated heterocycles. The number of carbonyl (C=O) groups excluding carboxylic acids is 3. The molecule has 0 unspecified atom stereocenters. The van der Waals surface area contributed by atoms with Gasteiger partial charge in [-0.05, 0) is 64.4 Å². The molecule has 180 valence electrons. The molecule has 34 heavy (non-hydrogen) atoms. The monoisotopic (exact) mass is 484 g/mol. The van der Waals surface area contributed by atoms with Crippen LogP contribution in [0.2, 0.25) is 5.02 Å². The molecule has 0 spiro atoms. The Morgan fingerprint density at radius 2 is 1.82 bits per heavy atom. The van der Waals surface area contributed by atoms with Crippen LogP contribution < -0.4 is 0 Å². The summed E-state index contributed by atoms with van der Waals surface area (Å²) < 4.78 is 12.5. The number of amides is 1. The number of ether oxygens (including phenoxy) is 1. The Morgan fingerprint density at radius 3 is 2.41 bits per heavy atom. The fraction of sp³-hybridized carbons (Fsp3) is 0.346. The van der Waals surface area contributed by atoms with Gasteiger partial charge in [0, 0.05) is 17.8 Å². The zero-order valence-corrected chi connectivity index (χ0v) is 20.8. The molecule has 2 aromatic heterocycles. The van der Waals surface area contributed by atoms with Gasteiger partial charge in [0.2, 0.25) is 0 Å². The summed E-state index contributed by atoms with van der Waals surface area (Å²) in [5, 5.41) is 0.297. The summed E-state index contributed by atoms with van der Waals surface area (Å²) in [5.74, 6) is -0.610. The number of carbonyl (C=O) groups is 3. The second-order valence-electron chi connectivity index (χ2n) is 7.93. The number of ketones is 1. The number of Topliss-reactive ketones (excluding diaryl/α,β-unsaturated/α-hetero) is 1. The van der Waals surface area contributed by atoms with Crippen LogP contribution in [0.3, 0.4) is 0 Å². The van der Waals surface area contributed by atoms with Gasteiger partial charge in [0.25, 0.3) is 5.91 Å². The zero-order chi connectivity index (χ0) is 25.0. The molecule has 0 N–H and O–H groups in total. The number of esters is 1. The number of hydrogen-bond donors (Lipinski definition) is 0. The molecule has 0 aliphatic heterocycles. The molecule has 2 heterocycles. The molecule has 0 aliphatic carbocycles. The number of rotatable bonds is 9. The number of aromatic nitrogens is 1. The first-order valence-corrected chi connectivity index (χ1v) is 11.6. The third kappa shape index (κ3) is 4.80. The lowest BCUT2D eigenvalue weighted by atomic mass is 9.99. The highest BCUT2D eigenvalue weighted by Crippen LogP contribution is 2.27. The molecular formula is C26H29ClN2O5. The highest BCUT2D eigenvalue weighted by molar-refractivity contribution is 6.33. The molecule has 8 heteroatoms. The Balaban J connectivity index is 2.05. The molecule has 7 nitrogen and oxygen atoms in total. The largest absolute Gasteiger partial charge is 0.467 e. The van der Waals surface area contributed by atoms with Crippen LogP contribution in [0.5, 0.6) is 0 Å². The van der Waals surface area contributed by atoms with Crippen molar-refractivity contribution in [1.82, 2.24) is 9.47 Å². The van der Waals surface area contributed by atoms with Crippen molar-refractivity contribution in [3.05, 3.63) is 81.5 Å². The molecule has 0 fully saturated rings. The second kappa shape index (κ2) is 10.7. The third-order valence-electron chi connectivity index (χ3n) is 5.92. The maximum atomic E-state index is 13.8. The first-order valence-electron chi connectivity index (χ1n) is 11.2. The summed E-state index contributed by atoms with van der Waals surface area (Å²) in [7, 11) is 0. The van der Waals surface area contributed by atoms with Gasteiger partial charge in [0.1, 0.15) is 11.5 Å². The Labute approximate surface area is 204 Å². The van der Waals surface area contributed by atoms with E-state index in [4.69, 9.17) is 20.8 Å². The molecule has 0 bridgehead atoms. The van der Waals surface area contributed by atoms with Crippen molar-refractivity contribution in [3.8, 4) is 0 Å². The number of benzene rings is 1. The van der Waals surface area contributed by atoms with E-state index in [0.717, 1.165) is 0 Å². The minimum atomic E-state index is -0.853. The smallest absolute Gasteiger partial charge is 0.355 e. The summed E-state index contributed by atoms with van der Waals surface area (Å²) in [4.78, 5) is 41.4. The van der Waals surface area contributed by atoms with Gasteiger partial charge < -0.3 is 18.6 Å². The van der Waals surface area contributed by atoms with Gasteiger partial charge in [0.15, 0.2) is 5.78 Å². The molecule has 3 aromatic rings. The van der Waals surface area contributed by atoms with Crippen molar-refractivity contribution in [2.45, 2.75) is 53.8 Å². The number of hydrogen-bond acceptors (Lipinski definition) is 5. The summed E-state index contributed by atoms with van der Waals surface area (Å²) in [5.41, 5.74) is 2.25. The summed E-state index contributed by atoms with van der Waals surface area (Å²) in [6, 6.07) is 9.33. The van der Waals surface area contributed by atoms with Gasteiger partial charge in [-0.2, -0.15) is 0 Å². The minimum Gasteiger partial charge on any atom is -0.467 e. The number of halogens is 1. The fourth-order valence-electron chi connectivity index (χ4n) is 4.21. The van der Waals surface area contributed by atoms with Crippen molar-refractivity contribution >= 4 is 29.3 Å². The van der Waals surface area contributed by atoms with Crippen LogP contribution in [0.4, 0.5) is 0 Å². The normalized spacial score (nSPS) is 11.8. The third-order valence-corrected chi connectivity index (χ3v) is 6.25. The number of nitrogens with zero attached hydrogens (tertiary/aromatic N) is 2. The maximum absolute atomic E-state index is 13.8. The zero-order valence-electron chi connectivity index (χ0n) is 20.1. The minimum absolute atomic E-state index is 0.0846. The van der Waals surface area contributed by atoms with Crippen LogP contribution in [0, 0.1) is 13.8 Å². The van der Waals surface area contributed by atoms with E-state index in [0.29, 0.717) is 45.4 Å². The van der Waals surface area contributed by atoms with Crippen LogP contribution in [0.1, 0.15) is 69.0 Å². The fourth-order valence-corrected chi connectivity index (χ4v) is 4.43. The Hall–Kier alpha value is -3.32. The first kappa shape index (κ1) is 25.3. The second-order valence-corrected chi connectivity index (χ2v) is 8.34. The van der Waals surface area contributed by atoms with Gasteiger partial charge in [-0.1, -0.05) is 23.7 Å². The van der Waals surface area contributed by atoms with E-state index < -0.39 is 17.9 Å². The van der Waals surface area contributed by atoms with E-state index in [-0.39, 0.29) is 18.9 Å². The molecule has 1 amide bonds. The Morgan fingerprint density at radius 1 is 1.12 bits per heavy atom. The van der Waals surface area contributed by atoms with Crippen LogP contribution in [0.25, 0.3) is 0 Å². The molecule has 0 radical (unpaired) electrons. The van der Waals surface area contributed by atoms with Gasteiger partial charge in [0.05, 0.1) is 36.0 Å². The van der Waals surface area contributed by atoms with Gasteiger partial charge in [-0.15, -0.1) is 0 Å². The van der Waals surface area contributed by atoms with E-state index in [1.54, 1.807) is 68.7 Å². The van der Waals surface area contributed by atoms with Gasteiger partial charge in [-0.25, -0.2) is 4.79 Å². The molecular weight excluding hydrogens is 456 g/mol. The predicted octanol–water partition coefficient (Wildman–Crippen LogP) is 5.46. The predicted molar refractivity (Wildman–Crippen MR) is 129 cm³/mol. The average Bonchev–Trinajstić information content (AvgIpc) is 3.41. The van der Waals surface area contributed by atoms with E-state index in [1.807, 2.05) is 6.92 Å². The van der Waals surface area contributed by atoms with Crippen LogP contribution in [0.15, 0.2) is 47.1 Å². The van der Waals surface area contributed by atoms with Crippen molar-refractivity contribution in [1.29, 1.82) is 0 Å². The Kier molecular flexibility index (Phi) is 7.99. The van der Waals surface area contributed by atoms with Crippen molar-refractivity contribution in [3.63, 3.8) is 0 Å². The van der Waals surface area contributed by atoms with Gasteiger partial charge >= 0.3 is 5.97 Å². The molecule has 1 aromatic carbocycles. The van der Waals surface area contributed by atoms with E-state index >= 15 is 0 Å². The topological polar surface area (TPSA) is 81.8 Å². The molecule has 1 atom stereocenters. The standard InChI is InChI=1S/C26H29ClN2O5/c1-6-28-17(4)22(16(3)23(28)26(32)33-7-2)24(30)18(5)29(15-19-11-10-14-34-19)25(31)20-12-8-9-13-21(20)27/h8-14,18H,6-7,15H2,1-5H3/t18-/m0/s1. The highest BCUT2D eigenvalue weighted by Gasteiger charge is 2.34. The van der Waals surface area contributed by atoms with Crippen LogP contribution in [-0.2, 0) is 17.8 Å². The average molecular weight is 485 g/mol. The molecule has 0 saturated carbocycles. The van der Waals surface area contributed by atoms with Crippen molar-refractivity contribution in [2.24, 2.45) is 0 Å². The molecule has 0 aliphatic rings. The number of furan rings is 1. The molecule has 3 rings (SSSR count). The van der Waals surface area contributed by atoms with Crippen molar-refractivity contribution in [2.75, 3.05) is 6.61 Å². The lowest BCUT2D eigenvalue weighted by molar-refractivity contribution is 0.0512. The van der Waals surface area contributed by atoms with E-state index in [1.165, 1.54) is 11.2 Å². The quantitative estimate of drug-likeness (QED) is 0.297. The van der Waals surface area contributed by atoms with E-state index in [2.05, 4.69) is 0 Å². The lowest BCUT2D eigenvalue weighted by Gasteiger charge is -2.28.